The third-order valence-electron chi connectivity index (χ3n) is 5.92. The van der Waals surface area contributed by atoms with Gasteiger partial charge < -0.3 is 25.2 Å². The fourth-order valence-electron chi connectivity index (χ4n) is 3.94. The fourth-order valence-corrected chi connectivity index (χ4v) is 3.94. The highest BCUT2D eigenvalue weighted by Gasteiger charge is 2.55. The molecule has 5 rings (SSSR count). The number of rotatable bonds is 6. The molecule has 3 aromatic rings. The fraction of sp³-hybridized carbons (Fsp3) is 0.500. The Bertz CT molecular complexity index is 1090. The third-order valence-corrected chi connectivity index (χ3v) is 5.92. The van der Waals surface area contributed by atoms with Gasteiger partial charge in [-0.25, -0.2) is 9.37 Å². The van der Waals surface area contributed by atoms with Crippen molar-refractivity contribution in [3.05, 3.63) is 30.9 Å². The van der Waals surface area contributed by atoms with Crippen LogP contribution < -0.4 is 10.2 Å². The van der Waals surface area contributed by atoms with Gasteiger partial charge in [0.25, 0.3) is 0 Å². The minimum atomic E-state index is -2.15. The molecule has 1 aliphatic heterocycles. The molecule has 2 fully saturated rings. The first kappa shape index (κ1) is 20.0. The van der Waals surface area contributed by atoms with Crippen LogP contribution in [0.1, 0.15) is 26.0 Å². The van der Waals surface area contributed by atoms with Gasteiger partial charge in [-0.2, -0.15) is 9.97 Å². The molecule has 1 saturated carbocycles. The lowest BCUT2D eigenvalue weighted by atomic mass is 9.98. The van der Waals surface area contributed by atoms with E-state index < -0.39 is 30.7 Å². The maximum atomic E-state index is 15.4. The summed E-state index contributed by atoms with van der Waals surface area (Å²) in [5.74, 6) is 0.946. The van der Waals surface area contributed by atoms with Crippen LogP contribution >= 0.6 is 0 Å². The van der Waals surface area contributed by atoms with E-state index in [9.17, 15) is 10.2 Å². The molecule has 11 heteroatoms. The van der Waals surface area contributed by atoms with Crippen molar-refractivity contribution in [2.75, 3.05) is 23.9 Å². The van der Waals surface area contributed by atoms with E-state index in [0.29, 0.717) is 29.0 Å². The Kier molecular flexibility index (Phi) is 4.76. The van der Waals surface area contributed by atoms with Crippen LogP contribution in [0.2, 0.25) is 0 Å². The predicted molar refractivity (Wildman–Crippen MR) is 111 cm³/mol. The lowest BCUT2D eigenvalue weighted by molar-refractivity contribution is -0.0566. The molecular formula is C20H24FN7O3. The maximum absolute atomic E-state index is 15.4. The molecule has 4 heterocycles. The number of fused-ring (bicyclic) bond motifs is 1. The average molecular weight is 429 g/mol. The highest BCUT2D eigenvalue weighted by molar-refractivity contribution is 5.85. The Morgan fingerprint density at radius 2 is 2.06 bits per heavy atom. The number of aliphatic hydroxyl groups is 2. The van der Waals surface area contributed by atoms with Crippen LogP contribution in [0.5, 0.6) is 0 Å². The first-order valence-corrected chi connectivity index (χ1v) is 10.2. The van der Waals surface area contributed by atoms with Crippen LogP contribution in [0, 0.1) is 0 Å². The summed E-state index contributed by atoms with van der Waals surface area (Å²) in [5, 5.41) is 22.9. The Labute approximate surface area is 177 Å². The molecule has 164 valence electrons. The topological polar surface area (TPSA) is 121 Å². The Morgan fingerprint density at radius 1 is 1.32 bits per heavy atom. The number of alkyl halides is 1. The Morgan fingerprint density at radius 3 is 2.71 bits per heavy atom. The molecule has 1 aliphatic carbocycles. The van der Waals surface area contributed by atoms with E-state index in [4.69, 9.17) is 4.74 Å². The zero-order valence-corrected chi connectivity index (χ0v) is 17.2. The van der Waals surface area contributed by atoms with Crippen molar-refractivity contribution in [3.8, 4) is 0 Å². The number of imidazole rings is 1. The van der Waals surface area contributed by atoms with Gasteiger partial charge >= 0.3 is 0 Å². The minimum absolute atomic E-state index is 0.320. The number of halogens is 1. The second-order valence-electron chi connectivity index (χ2n) is 8.20. The highest BCUT2D eigenvalue weighted by atomic mass is 19.1. The molecule has 0 spiro atoms. The van der Waals surface area contributed by atoms with Gasteiger partial charge in [0.1, 0.15) is 12.2 Å². The van der Waals surface area contributed by atoms with Crippen LogP contribution in [0.15, 0.2) is 30.9 Å². The summed E-state index contributed by atoms with van der Waals surface area (Å²) in [7, 11) is 1.95. The number of anilines is 3. The second kappa shape index (κ2) is 7.36. The van der Waals surface area contributed by atoms with Crippen molar-refractivity contribution >= 4 is 28.6 Å². The van der Waals surface area contributed by atoms with Crippen molar-refractivity contribution in [2.45, 2.75) is 49.9 Å². The summed E-state index contributed by atoms with van der Waals surface area (Å²) in [4.78, 5) is 19.7. The van der Waals surface area contributed by atoms with E-state index >= 15 is 4.39 Å². The van der Waals surface area contributed by atoms with Gasteiger partial charge in [0.05, 0.1) is 12.9 Å². The van der Waals surface area contributed by atoms with Crippen molar-refractivity contribution in [2.24, 2.45) is 0 Å². The third kappa shape index (κ3) is 3.38. The SMILES string of the molecule is CN(c1nc(Nc2ccncc2)nc2c1ncn2[C@@H]1O[C@H](CO)[C@@H](O)[C@@]1(C)F)C1CC1. The molecule has 10 nitrogen and oxygen atoms in total. The van der Waals surface area contributed by atoms with E-state index in [1.54, 1.807) is 24.5 Å². The smallest absolute Gasteiger partial charge is 0.231 e. The number of nitrogens with one attached hydrogen (secondary N) is 1. The summed E-state index contributed by atoms with van der Waals surface area (Å²) in [5.41, 5.74) is -0.513. The van der Waals surface area contributed by atoms with Gasteiger partial charge in [0, 0.05) is 31.2 Å². The molecule has 0 unspecified atom stereocenters. The van der Waals surface area contributed by atoms with Gasteiger partial charge in [0.15, 0.2) is 28.9 Å². The minimum Gasteiger partial charge on any atom is -0.394 e. The van der Waals surface area contributed by atoms with E-state index in [2.05, 4.69) is 30.2 Å². The van der Waals surface area contributed by atoms with Gasteiger partial charge in [0.2, 0.25) is 5.95 Å². The monoisotopic (exact) mass is 429 g/mol. The number of aliphatic hydroxyl groups excluding tert-OH is 2. The maximum Gasteiger partial charge on any atom is 0.231 e. The van der Waals surface area contributed by atoms with Crippen LogP contribution in [-0.2, 0) is 4.74 Å². The number of hydrogen-bond acceptors (Lipinski definition) is 9. The lowest BCUT2D eigenvalue weighted by Crippen LogP contribution is -2.40. The zero-order valence-electron chi connectivity index (χ0n) is 17.2. The van der Waals surface area contributed by atoms with Gasteiger partial charge in [-0.05, 0) is 31.9 Å². The van der Waals surface area contributed by atoms with Crippen LogP contribution in [0.25, 0.3) is 11.2 Å². The number of aromatic nitrogens is 5. The van der Waals surface area contributed by atoms with Gasteiger partial charge in [-0.3, -0.25) is 9.55 Å². The van der Waals surface area contributed by atoms with Gasteiger partial charge in [-0.15, -0.1) is 0 Å². The Balaban J connectivity index is 1.62. The van der Waals surface area contributed by atoms with Crippen molar-refractivity contribution in [3.63, 3.8) is 0 Å². The zero-order chi connectivity index (χ0) is 21.8. The molecule has 1 saturated heterocycles. The molecule has 3 aromatic heterocycles. The van der Waals surface area contributed by atoms with Crippen LogP contribution in [0.3, 0.4) is 0 Å². The summed E-state index contributed by atoms with van der Waals surface area (Å²) < 4.78 is 22.5. The second-order valence-corrected chi connectivity index (χ2v) is 8.20. The predicted octanol–water partition coefficient (Wildman–Crippen LogP) is 1.54. The molecule has 0 bridgehead atoms. The van der Waals surface area contributed by atoms with E-state index in [1.807, 2.05) is 7.05 Å². The molecule has 0 amide bonds. The van der Waals surface area contributed by atoms with Gasteiger partial charge in [-0.1, -0.05) is 0 Å². The summed E-state index contributed by atoms with van der Waals surface area (Å²) in [6, 6.07) is 3.94. The first-order valence-electron chi connectivity index (χ1n) is 10.2. The number of pyridine rings is 1. The highest BCUT2D eigenvalue weighted by Crippen LogP contribution is 2.43. The standard InChI is InChI=1S/C20H24FN7O3/c1-20(21)15(30)13(9-29)31-18(20)28-10-23-14-16(27(2)12-3-4-12)25-19(26-17(14)28)24-11-5-7-22-8-6-11/h5-8,10,12-13,15,18,29-30H,3-4,9H2,1-2H3,(H,22,24,25,26)/t13-,15-,18-,20-/m1/s1. The molecule has 31 heavy (non-hydrogen) atoms. The number of nitrogens with zero attached hydrogens (tertiary/aromatic N) is 6. The van der Waals surface area contributed by atoms with Crippen LogP contribution in [0.4, 0.5) is 21.8 Å². The molecule has 0 aromatic carbocycles. The molecular weight excluding hydrogens is 405 g/mol. The molecule has 3 N–H and O–H groups in total. The van der Waals surface area contributed by atoms with E-state index in [1.165, 1.54) is 17.8 Å². The molecule has 4 atom stereocenters. The molecule has 2 aliphatic rings. The quantitative estimate of drug-likeness (QED) is 0.536. The summed E-state index contributed by atoms with van der Waals surface area (Å²) in [6.45, 7) is 0.752. The first-order chi connectivity index (χ1) is 14.9. The number of hydrogen-bond donors (Lipinski definition) is 3. The number of ether oxygens (including phenoxy) is 1. The van der Waals surface area contributed by atoms with Crippen molar-refractivity contribution in [1.82, 2.24) is 24.5 Å². The Hall–Kier alpha value is -2.89. The van der Waals surface area contributed by atoms with Crippen LogP contribution in [-0.4, -0.2) is 72.3 Å². The lowest BCUT2D eigenvalue weighted by Gasteiger charge is -2.25. The average Bonchev–Trinajstić information content (AvgIpc) is 3.49. The van der Waals surface area contributed by atoms with Crippen molar-refractivity contribution < 1.29 is 19.3 Å². The largest absolute Gasteiger partial charge is 0.394 e. The van der Waals surface area contributed by atoms with E-state index in [0.717, 1.165) is 18.5 Å². The summed E-state index contributed by atoms with van der Waals surface area (Å²) >= 11 is 0. The normalized spacial score (nSPS) is 28.2. The van der Waals surface area contributed by atoms with Crippen molar-refractivity contribution in [1.29, 1.82) is 0 Å². The molecule has 0 radical (unpaired) electrons. The summed E-state index contributed by atoms with van der Waals surface area (Å²) in [6.07, 6.45) is 3.15. The van der Waals surface area contributed by atoms with E-state index in [-0.39, 0.29) is 0 Å².